The van der Waals surface area contributed by atoms with Gasteiger partial charge in [-0.2, -0.15) is 0 Å². The Hall–Kier alpha value is -3.11. The van der Waals surface area contributed by atoms with Crippen LogP contribution in [0.4, 0.5) is 0 Å². The maximum absolute atomic E-state index is 11.3. The molecule has 0 unspecified atom stereocenters. The Morgan fingerprint density at radius 1 is 0.769 bits per heavy atom. The van der Waals surface area contributed by atoms with Crippen LogP contribution in [0.3, 0.4) is 0 Å². The minimum Gasteiger partial charge on any atom is -0.478 e. The molecule has 0 amide bonds. The molecule has 26 heavy (non-hydrogen) atoms. The Balaban J connectivity index is 0.000000254. The van der Waals surface area contributed by atoms with Crippen LogP contribution >= 0.6 is 11.6 Å². The normalized spacial score (nSPS) is 9.77. The van der Waals surface area contributed by atoms with Crippen LogP contribution in [0.2, 0.25) is 5.02 Å². The first-order valence-corrected chi connectivity index (χ1v) is 8.15. The molecule has 0 saturated carbocycles. The van der Waals surface area contributed by atoms with Gasteiger partial charge in [-0.15, -0.1) is 0 Å². The zero-order valence-corrected chi connectivity index (χ0v) is 14.8. The van der Waals surface area contributed by atoms with Crippen LogP contribution in [-0.4, -0.2) is 22.2 Å². The Labute approximate surface area is 156 Å². The van der Waals surface area contributed by atoms with Gasteiger partial charge < -0.3 is 10.2 Å². The number of aromatic carboxylic acids is 2. The SMILES string of the molecule is Cc1ccc(Cl)cc1.O=C(O)c1cccc(-c2ccccc2)c1C(=O)O. The van der Waals surface area contributed by atoms with Gasteiger partial charge in [-0.3, -0.25) is 0 Å². The maximum Gasteiger partial charge on any atom is 0.337 e. The van der Waals surface area contributed by atoms with E-state index in [0.717, 1.165) is 5.02 Å². The maximum atomic E-state index is 11.3. The van der Waals surface area contributed by atoms with Gasteiger partial charge in [-0.1, -0.05) is 71.8 Å². The molecule has 3 rings (SSSR count). The molecule has 0 aliphatic rings. The lowest BCUT2D eigenvalue weighted by atomic mass is 9.95. The van der Waals surface area contributed by atoms with Gasteiger partial charge in [-0.05, 0) is 36.2 Å². The average molecular weight is 369 g/mol. The number of hydrogen-bond donors (Lipinski definition) is 2. The van der Waals surface area contributed by atoms with Gasteiger partial charge >= 0.3 is 11.9 Å². The van der Waals surface area contributed by atoms with Crippen molar-refractivity contribution in [1.82, 2.24) is 0 Å². The summed E-state index contributed by atoms with van der Waals surface area (Å²) >= 11 is 5.61. The van der Waals surface area contributed by atoms with E-state index in [9.17, 15) is 14.7 Å². The van der Waals surface area contributed by atoms with Crippen molar-refractivity contribution in [2.75, 3.05) is 0 Å². The predicted octanol–water partition coefficient (Wildman–Crippen LogP) is 5.40. The van der Waals surface area contributed by atoms with Crippen LogP contribution in [0.15, 0.2) is 72.8 Å². The second-order valence-electron chi connectivity index (χ2n) is 5.50. The summed E-state index contributed by atoms with van der Waals surface area (Å²) in [5.74, 6) is -2.49. The van der Waals surface area contributed by atoms with E-state index >= 15 is 0 Å². The molecule has 0 bridgehead atoms. The molecule has 0 aliphatic heterocycles. The van der Waals surface area contributed by atoms with Gasteiger partial charge in [0.25, 0.3) is 0 Å². The van der Waals surface area contributed by atoms with Crippen molar-refractivity contribution in [1.29, 1.82) is 0 Å². The number of benzene rings is 3. The summed E-state index contributed by atoms with van der Waals surface area (Å²) in [4.78, 5) is 22.3. The monoisotopic (exact) mass is 368 g/mol. The summed E-state index contributed by atoms with van der Waals surface area (Å²) < 4.78 is 0. The van der Waals surface area contributed by atoms with E-state index in [1.165, 1.54) is 17.7 Å². The molecular weight excluding hydrogens is 352 g/mol. The first-order chi connectivity index (χ1) is 12.4. The van der Waals surface area contributed by atoms with Crippen molar-refractivity contribution in [3.63, 3.8) is 0 Å². The highest BCUT2D eigenvalue weighted by Crippen LogP contribution is 2.26. The summed E-state index contributed by atoms with van der Waals surface area (Å²) in [7, 11) is 0. The number of rotatable bonds is 3. The lowest BCUT2D eigenvalue weighted by molar-refractivity contribution is 0.0652. The predicted molar refractivity (Wildman–Crippen MR) is 102 cm³/mol. The minimum absolute atomic E-state index is 0.184. The third kappa shape index (κ3) is 4.94. The zero-order valence-electron chi connectivity index (χ0n) is 14.0. The van der Waals surface area contributed by atoms with Crippen LogP contribution in [0.1, 0.15) is 26.3 Å². The molecule has 4 nitrogen and oxygen atoms in total. The third-order valence-corrected chi connectivity index (χ3v) is 3.86. The number of halogens is 1. The van der Waals surface area contributed by atoms with Gasteiger partial charge in [-0.25, -0.2) is 9.59 Å². The first kappa shape index (κ1) is 19.2. The smallest absolute Gasteiger partial charge is 0.337 e. The van der Waals surface area contributed by atoms with E-state index in [0.29, 0.717) is 11.1 Å². The molecule has 2 N–H and O–H groups in total. The van der Waals surface area contributed by atoms with E-state index in [2.05, 4.69) is 0 Å². The molecule has 5 heteroatoms. The summed E-state index contributed by atoms with van der Waals surface area (Å²) in [5.41, 5.74) is 1.94. The van der Waals surface area contributed by atoms with Crippen molar-refractivity contribution >= 4 is 23.5 Å². The number of aryl methyl sites for hydroxylation is 1. The van der Waals surface area contributed by atoms with Gasteiger partial charge in [0.2, 0.25) is 0 Å². The van der Waals surface area contributed by atoms with Gasteiger partial charge in [0.15, 0.2) is 0 Å². The first-order valence-electron chi connectivity index (χ1n) is 7.77. The highest BCUT2D eigenvalue weighted by atomic mass is 35.5. The molecule has 0 heterocycles. The van der Waals surface area contributed by atoms with Gasteiger partial charge in [0.1, 0.15) is 0 Å². The lowest BCUT2D eigenvalue weighted by Crippen LogP contribution is -2.09. The minimum atomic E-state index is -1.25. The van der Waals surface area contributed by atoms with Crippen molar-refractivity contribution in [2.24, 2.45) is 0 Å². The molecule has 0 saturated heterocycles. The lowest BCUT2D eigenvalue weighted by Gasteiger charge is -2.08. The van der Waals surface area contributed by atoms with Crippen LogP contribution in [0.5, 0.6) is 0 Å². The summed E-state index contributed by atoms with van der Waals surface area (Å²) in [6, 6.07) is 21.0. The highest BCUT2D eigenvalue weighted by molar-refractivity contribution is 6.30. The van der Waals surface area contributed by atoms with Crippen LogP contribution in [-0.2, 0) is 0 Å². The molecule has 132 valence electrons. The van der Waals surface area contributed by atoms with E-state index in [4.69, 9.17) is 16.7 Å². The fourth-order valence-electron chi connectivity index (χ4n) is 2.35. The Morgan fingerprint density at radius 2 is 1.38 bits per heavy atom. The second-order valence-corrected chi connectivity index (χ2v) is 5.94. The Bertz CT molecular complexity index is 882. The zero-order chi connectivity index (χ0) is 19.1. The Kier molecular flexibility index (Phi) is 6.53. The van der Waals surface area contributed by atoms with Crippen molar-refractivity contribution in [3.05, 3.63) is 94.5 Å². The topological polar surface area (TPSA) is 74.6 Å². The van der Waals surface area contributed by atoms with E-state index in [1.54, 1.807) is 30.3 Å². The third-order valence-electron chi connectivity index (χ3n) is 3.60. The molecule has 3 aromatic rings. The fourth-order valence-corrected chi connectivity index (χ4v) is 2.48. The molecule has 0 aliphatic carbocycles. The number of carboxylic acid groups (broad SMARTS) is 2. The van der Waals surface area contributed by atoms with Gasteiger partial charge in [0.05, 0.1) is 11.1 Å². The standard InChI is InChI=1S/C14H10O4.C7H7Cl/c15-13(16)11-8-4-7-10(12(11)14(17)18)9-5-2-1-3-6-9;1-6-2-4-7(8)5-3-6/h1-8H,(H,15,16)(H,17,18);2-5H,1H3. The molecular formula is C21H17ClO4. The summed E-state index contributed by atoms with van der Waals surface area (Å²) in [6.45, 7) is 2.04. The van der Waals surface area contributed by atoms with Crippen LogP contribution < -0.4 is 0 Å². The van der Waals surface area contributed by atoms with Crippen molar-refractivity contribution in [3.8, 4) is 11.1 Å². The van der Waals surface area contributed by atoms with E-state index in [1.807, 2.05) is 37.3 Å². The highest BCUT2D eigenvalue weighted by Gasteiger charge is 2.20. The molecule has 0 fully saturated rings. The number of hydrogen-bond acceptors (Lipinski definition) is 2. The molecule has 0 radical (unpaired) electrons. The molecule has 0 spiro atoms. The summed E-state index contributed by atoms with van der Waals surface area (Å²) in [5, 5.41) is 19.0. The van der Waals surface area contributed by atoms with Crippen molar-refractivity contribution in [2.45, 2.75) is 6.92 Å². The average Bonchev–Trinajstić information content (AvgIpc) is 2.64. The molecule has 3 aromatic carbocycles. The van der Waals surface area contributed by atoms with E-state index < -0.39 is 11.9 Å². The van der Waals surface area contributed by atoms with Crippen molar-refractivity contribution < 1.29 is 19.8 Å². The van der Waals surface area contributed by atoms with Crippen LogP contribution in [0.25, 0.3) is 11.1 Å². The van der Waals surface area contributed by atoms with E-state index in [-0.39, 0.29) is 11.1 Å². The summed E-state index contributed by atoms with van der Waals surface area (Å²) in [6.07, 6.45) is 0. The van der Waals surface area contributed by atoms with Gasteiger partial charge in [0, 0.05) is 5.02 Å². The molecule has 0 aromatic heterocycles. The second kappa shape index (κ2) is 8.83. The largest absolute Gasteiger partial charge is 0.478 e. The fraction of sp³-hybridized carbons (Fsp3) is 0.0476. The number of carbonyl (C=O) groups is 2. The van der Waals surface area contributed by atoms with Crippen LogP contribution in [0, 0.1) is 6.92 Å². The quantitative estimate of drug-likeness (QED) is 0.649. The molecule has 0 atom stereocenters. The Morgan fingerprint density at radius 3 is 1.88 bits per heavy atom. The number of carboxylic acids is 2.